The maximum absolute atomic E-state index is 12.2. The highest BCUT2D eigenvalue weighted by atomic mass is 16.5. The van der Waals surface area contributed by atoms with E-state index in [9.17, 15) is 9.90 Å². The number of esters is 1. The first-order valence-electron chi connectivity index (χ1n) is 9.03. The van der Waals surface area contributed by atoms with Crippen LogP contribution in [-0.4, -0.2) is 24.3 Å². The molecular weight excluding hydrogens is 336 g/mol. The van der Waals surface area contributed by atoms with Crippen LogP contribution in [0.25, 0.3) is 22.3 Å². The molecule has 3 rings (SSSR count). The monoisotopic (exact) mass is 360 g/mol. The van der Waals surface area contributed by atoms with Gasteiger partial charge >= 0.3 is 5.97 Å². The molecule has 1 N–H and O–H groups in total. The Morgan fingerprint density at radius 3 is 1.89 bits per heavy atom. The quantitative estimate of drug-likeness (QED) is 0.615. The van der Waals surface area contributed by atoms with E-state index in [1.165, 1.54) is 0 Å². The van der Waals surface area contributed by atoms with Gasteiger partial charge in [0, 0.05) is 5.41 Å². The molecule has 0 saturated heterocycles. The zero-order chi connectivity index (χ0) is 19.3. The van der Waals surface area contributed by atoms with Crippen LogP contribution in [0.15, 0.2) is 78.9 Å². The van der Waals surface area contributed by atoms with Gasteiger partial charge in [0.25, 0.3) is 0 Å². The van der Waals surface area contributed by atoms with Gasteiger partial charge in [-0.15, -0.1) is 0 Å². The molecule has 0 saturated carbocycles. The molecule has 27 heavy (non-hydrogen) atoms. The summed E-state index contributed by atoms with van der Waals surface area (Å²) in [4.78, 5) is 12.2. The SMILES string of the molecule is CC(C)(CO)COC(=O)c1ccc(-c2ccccc2-c2ccccc2)cc1. The third-order valence-electron chi connectivity index (χ3n) is 4.47. The number of hydrogen-bond donors (Lipinski definition) is 1. The van der Waals surface area contributed by atoms with Crippen molar-refractivity contribution >= 4 is 5.97 Å². The van der Waals surface area contributed by atoms with Gasteiger partial charge in [0.05, 0.1) is 18.8 Å². The fourth-order valence-electron chi connectivity index (χ4n) is 2.78. The lowest BCUT2D eigenvalue weighted by atomic mass is 9.94. The molecule has 3 nitrogen and oxygen atoms in total. The minimum absolute atomic E-state index is 0.0323. The number of carbonyl (C=O) groups is 1. The van der Waals surface area contributed by atoms with Crippen molar-refractivity contribution in [3.63, 3.8) is 0 Å². The van der Waals surface area contributed by atoms with Crippen LogP contribution in [0.4, 0.5) is 0 Å². The molecule has 138 valence electrons. The Balaban J connectivity index is 1.82. The molecule has 3 aromatic carbocycles. The number of aliphatic hydroxyl groups is 1. The van der Waals surface area contributed by atoms with Crippen LogP contribution in [0, 0.1) is 5.41 Å². The Kier molecular flexibility index (Phi) is 5.72. The Hall–Kier alpha value is -2.91. The van der Waals surface area contributed by atoms with Gasteiger partial charge in [-0.1, -0.05) is 80.6 Å². The van der Waals surface area contributed by atoms with Crippen molar-refractivity contribution in [2.75, 3.05) is 13.2 Å². The van der Waals surface area contributed by atoms with Gasteiger partial charge in [0.2, 0.25) is 0 Å². The Morgan fingerprint density at radius 2 is 1.33 bits per heavy atom. The van der Waals surface area contributed by atoms with Gasteiger partial charge in [0.15, 0.2) is 0 Å². The van der Waals surface area contributed by atoms with E-state index in [0.717, 1.165) is 22.3 Å². The maximum atomic E-state index is 12.2. The lowest BCUT2D eigenvalue weighted by Crippen LogP contribution is -2.25. The maximum Gasteiger partial charge on any atom is 0.338 e. The van der Waals surface area contributed by atoms with Gasteiger partial charge in [-0.05, 0) is 34.4 Å². The standard InChI is InChI=1S/C24H24O3/c1-24(2,16-25)17-27-23(26)20-14-12-19(13-15-20)22-11-7-6-10-21(22)18-8-4-3-5-9-18/h3-15,25H,16-17H2,1-2H3. The molecular formula is C24H24O3. The summed E-state index contributed by atoms with van der Waals surface area (Å²) in [7, 11) is 0. The van der Waals surface area contributed by atoms with Crippen molar-refractivity contribution in [3.8, 4) is 22.3 Å². The van der Waals surface area contributed by atoms with Gasteiger partial charge in [-0.3, -0.25) is 0 Å². The summed E-state index contributed by atoms with van der Waals surface area (Å²) < 4.78 is 5.32. The first kappa shape index (κ1) is 18.9. The predicted octanol–water partition coefficient (Wildman–Crippen LogP) is 5.20. The molecule has 0 unspecified atom stereocenters. The molecule has 0 heterocycles. The van der Waals surface area contributed by atoms with E-state index in [1.54, 1.807) is 12.1 Å². The summed E-state index contributed by atoms with van der Waals surface area (Å²) in [5.74, 6) is -0.376. The number of benzene rings is 3. The fourth-order valence-corrected chi connectivity index (χ4v) is 2.78. The smallest absolute Gasteiger partial charge is 0.338 e. The number of carbonyl (C=O) groups excluding carboxylic acids is 1. The molecule has 0 radical (unpaired) electrons. The van der Waals surface area contributed by atoms with Crippen molar-refractivity contribution in [1.82, 2.24) is 0 Å². The van der Waals surface area contributed by atoms with Crippen LogP contribution in [-0.2, 0) is 4.74 Å². The summed E-state index contributed by atoms with van der Waals surface area (Å²) in [5, 5.41) is 9.27. The van der Waals surface area contributed by atoms with E-state index in [2.05, 4.69) is 24.3 Å². The Bertz CT molecular complexity index is 896. The highest BCUT2D eigenvalue weighted by molar-refractivity contribution is 5.91. The van der Waals surface area contributed by atoms with Crippen LogP contribution >= 0.6 is 0 Å². The summed E-state index contributed by atoms with van der Waals surface area (Å²) >= 11 is 0. The second-order valence-electron chi connectivity index (χ2n) is 7.39. The fraction of sp³-hybridized carbons (Fsp3) is 0.208. The van der Waals surface area contributed by atoms with Crippen LogP contribution < -0.4 is 0 Å². The van der Waals surface area contributed by atoms with Gasteiger partial charge in [0.1, 0.15) is 0 Å². The van der Waals surface area contributed by atoms with Crippen molar-refractivity contribution in [2.45, 2.75) is 13.8 Å². The first-order chi connectivity index (χ1) is 13.0. The van der Waals surface area contributed by atoms with Crippen LogP contribution in [0.2, 0.25) is 0 Å². The number of ether oxygens (including phenoxy) is 1. The van der Waals surface area contributed by atoms with E-state index in [4.69, 9.17) is 4.74 Å². The largest absolute Gasteiger partial charge is 0.461 e. The van der Waals surface area contributed by atoms with Gasteiger partial charge in [-0.2, -0.15) is 0 Å². The molecule has 0 aliphatic heterocycles. The Labute approximate surface area is 160 Å². The molecule has 0 aromatic heterocycles. The second kappa shape index (κ2) is 8.19. The number of rotatable bonds is 6. The molecule has 0 aliphatic rings. The van der Waals surface area contributed by atoms with E-state index >= 15 is 0 Å². The van der Waals surface area contributed by atoms with Crippen molar-refractivity contribution in [2.24, 2.45) is 5.41 Å². The van der Waals surface area contributed by atoms with E-state index < -0.39 is 5.41 Å². The molecule has 3 heteroatoms. The molecule has 0 amide bonds. The van der Waals surface area contributed by atoms with Crippen molar-refractivity contribution in [1.29, 1.82) is 0 Å². The van der Waals surface area contributed by atoms with Crippen molar-refractivity contribution < 1.29 is 14.6 Å². The van der Waals surface area contributed by atoms with E-state index in [1.807, 2.05) is 56.3 Å². The number of aliphatic hydroxyl groups excluding tert-OH is 1. The van der Waals surface area contributed by atoms with Gasteiger partial charge < -0.3 is 9.84 Å². The number of hydrogen-bond acceptors (Lipinski definition) is 3. The molecule has 0 atom stereocenters. The van der Waals surface area contributed by atoms with Gasteiger partial charge in [-0.25, -0.2) is 4.79 Å². The third kappa shape index (κ3) is 4.63. The molecule has 0 aliphatic carbocycles. The first-order valence-corrected chi connectivity index (χ1v) is 9.03. The summed E-state index contributed by atoms with van der Waals surface area (Å²) in [6.45, 7) is 3.85. The zero-order valence-electron chi connectivity index (χ0n) is 15.7. The molecule has 0 bridgehead atoms. The summed E-state index contributed by atoms with van der Waals surface area (Å²) in [6, 6.07) is 25.9. The van der Waals surface area contributed by atoms with E-state index in [0.29, 0.717) is 5.56 Å². The topological polar surface area (TPSA) is 46.5 Å². The predicted molar refractivity (Wildman–Crippen MR) is 108 cm³/mol. The van der Waals surface area contributed by atoms with Crippen molar-refractivity contribution in [3.05, 3.63) is 84.4 Å². The molecule has 3 aromatic rings. The zero-order valence-corrected chi connectivity index (χ0v) is 15.7. The third-order valence-corrected chi connectivity index (χ3v) is 4.47. The highest BCUT2D eigenvalue weighted by Gasteiger charge is 2.19. The summed E-state index contributed by atoms with van der Waals surface area (Å²) in [5.41, 5.74) is 4.53. The lowest BCUT2D eigenvalue weighted by molar-refractivity contribution is 0.0219. The normalized spacial score (nSPS) is 11.2. The van der Waals surface area contributed by atoms with Crippen LogP contribution in [0.3, 0.4) is 0 Å². The average molecular weight is 360 g/mol. The lowest BCUT2D eigenvalue weighted by Gasteiger charge is -2.20. The minimum atomic E-state index is -0.440. The molecule has 0 fully saturated rings. The van der Waals surface area contributed by atoms with E-state index in [-0.39, 0.29) is 19.2 Å². The molecule has 0 spiro atoms. The summed E-state index contributed by atoms with van der Waals surface area (Å²) in [6.07, 6.45) is 0. The highest BCUT2D eigenvalue weighted by Crippen LogP contribution is 2.32. The van der Waals surface area contributed by atoms with Crippen LogP contribution in [0.5, 0.6) is 0 Å². The van der Waals surface area contributed by atoms with Crippen LogP contribution in [0.1, 0.15) is 24.2 Å². The second-order valence-corrected chi connectivity index (χ2v) is 7.39. The Morgan fingerprint density at radius 1 is 0.815 bits per heavy atom. The average Bonchev–Trinajstić information content (AvgIpc) is 2.73. The minimum Gasteiger partial charge on any atom is -0.461 e.